The maximum atomic E-state index is 12.4. The van der Waals surface area contributed by atoms with Crippen molar-refractivity contribution in [3.63, 3.8) is 0 Å². The number of para-hydroxylation sites is 1. The number of phenols is 1. The van der Waals surface area contributed by atoms with Gasteiger partial charge in [0.1, 0.15) is 16.6 Å². The van der Waals surface area contributed by atoms with Crippen molar-refractivity contribution in [3.05, 3.63) is 86.9 Å². The molecule has 0 saturated heterocycles. The van der Waals surface area contributed by atoms with Gasteiger partial charge in [0.05, 0.1) is 27.7 Å². The molecule has 0 atom stereocenters. The molecule has 0 aliphatic carbocycles. The Hall–Kier alpha value is -4.24. The van der Waals surface area contributed by atoms with Gasteiger partial charge in [-0.2, -0.15) is 5.10 Å². The molecule has 3 N–H and O–H groups in total. The molecule has 0 spiro atoms. The number of aromatic amines is 1. The predicted molar refractivity (Wildman–Crippen MR) is 116 cm³/mol. The van der Waals surface area contributed by atoms with Gasteiger partial charge in [0.25, 0.3) is 11.6 Å². The average molecular weight is 436 g/mol. The van der Waals surface area contributed by atoms with E-state index >= 15 is 0 Å². The lowest BCUT2D eigenvalue weighted by Gasteiger charge is -2.00. The zero-order valence-electron chi connectivity index (χ0n) is 15.7. The second-order valence-electron chi connectivity index (χ2n) is 6.50. The van der Waals surface area contributed by atoms with Gasteiger partial charge in [0, 0.05) is 17.2 Å². The first-order valence-electron chi connectivity index (χ1n) is 8.98. The molecule has 10 heteroatoms. The number of imidazole rings is 1. The van der Waals surface area contributed by atoms with E-state index in [4.69, 9.17) is 11.6 Å². The third kappa shape index (κ3) is 4.21. The minimum atomic E-state index is -0.596. The molecule has 9 nitrogen and oxygen atoms in total. The number of hydrogen-bond donors (Lipinski definition) is 3. The topological polar surface area (TPSA) is 134 Å². The van der Waals surface area contributed by atoms with Gasteiger partial charge in [-0.15, -0.1) is 0 Å². The van der Waals surface area contributed by atoms with Crippen molar-refractivity contribution in [1.82, 2.24) is 15.4 Å². The maximum absolute atomic E-state index is 12.4. The van der Waals surface area contributed by atoms with Crippen molar-refractivity contribution in [2.75, 3.05) is 0 Å². The van der Waals surface area contributed by atoms with Gasteiger partial charge >= 0.3 is 0 Å². The van der Waals surface area contributed by atoms with Crippen molar-refractivity contribution in [1.29, 1.82) is 0 Å². The van der Waals surface area contributed by atoms with Crippen LogP contribution in [0, 0.1) is 10.1 Å². The Morgan fingerprint density at radius 1 is 1.19 bits per heavy atom. The molecule has 154 valence electrons. The standard InChI is InChI=1S/C21H14ClN5O4/c22-15-7-5-12(9-18(15)27(30)31)11-23-26-21(29)13-6-8-16-17(10-13)25-20(24-16)14-3-1-2-4-19(14)28/h1-11,28H,(H,24,25)(H,26,29)/b23-11+. The van der Waals surface area contributed by atoms with Crippen molar-refractivity contribution in [2.45, 2.75) is 0 Å². The van der Waals surface area contributed by atoms with Gasteiger partial charge in [-0.1, -0.05) is 29.8 Å². The Morgan fingerprint density at radius 3 is 2.77 bits per heavy atom. The van der Waals surface area contributed by atoms with Gasteiger partial charge in [-0.25, -0.2) is 10.4 Å². The third-order valence-corrected chi connectivity index (χ3v) is 4.77. The number of phenolic OH excluding ortho intramolecular Hbond substituents is 1. The van der Waals surface area contributed by atoms with Crippen LogP contribution in [-0.4, -0.2) is 32.1 Å². The summed E-state index contributed by atoms with van der Waals surface area (Å²) in [5.74, 6) is 0.102. The van der Waals surface area contributed by atoms with Crippen LogP contribution in [0.3, 0.4) is 0 Å². The summed E-state index contributed by atoms with van der Waals surface area (Å²) in [6.07, 6.45) is 1.28. The Kier molecular flexibility index (Phi) is 5.33. The number of halogens is 1. The Morgan fingerprint density at radius 2 is 2.00 bits per heavy atom. The third-order valence-electron chi connectivity index (χ3n) is 4.45. The number of H-pyrrole nitrogens is 1. The first-order valence-corrected chi connectivity index (χ1v) is 9.35. The molecular formula is C21H14ClN5O4. The van der Waals surface area contributed by atoms with Crippen LogP contribution < -0.4 is 5.43 Å². The fraction of sp³-hybridized carbons (Fsp3) is 0. The molecule has 1 amide bonds. The molecule has 0 radical (unpaired) electrons. The van der Waals surface area contributed by atoms with E-state index in [0.717, 1.165) is 0 Å². The summed E-state index contributed by atoms with van der Waals surface area (Å²) in [4.78, 5) is 30.3. The van der Waals surface area contributed by atoms with Crippen molar-refractivity contribution >= 4 is 40.4 Å². The lowest BCUT2D eigenvalue weighted by atomic mass is 10.2. The van der Waals surface area contributed by atoms with E-state index in [1.54, 1.807) is 48.5 Å². The minimum Gasteiger partial charge on any atom is -0.507 e. The van der Waals surface area contributed by atoms with E-state index in [1.807, 2.05) is 0 Å². The molecule has 0 bridgehead atoms. The molecule has 1 heterocycles. The number of nitrogens with one attached hydrogen (secondary N) is 2. The maximum Gasteiger partial charge on any atom is 0.288 e. The van der Waals surface area contributed by atoms with E-state index in [9.17, 15) is 20.0 Å². The predicted octanol–water partition coefficient (Wildman–Crippen LogP) is 4.26. The molecular weight excluding hydrogens is 422 g/mol. The molecule has 0 aliphatic heterocycles. The van der Waals surface area contributed by atoms with Crippen molar-refractivity contribution in [3.8, 4) is 17.1 Å². The number of benzene rings is 3. The number of fused-ring (bicyclic) bond motifs is 1. The Balaban J connectivity index is 1.52. The van der Waals surface area contributed by atoms with Crippen LogP contribution in [0.1, 0.15) is 15.9 Å². The van der Waals surface area contributed by atoms with Crippen LogP contribution in [0.25, 0.3) is 22.4 Å². The summed E-state index contributed by atoms with van der Waals surface area (Å²) >= 11 is 5.78. The van der Waals surface area contributed by atoms with E-state index in [-0.39, 0.29) is 16.5 Å². The molecule has 4 rings (SSSR count). The number of nitro benzene ring substituents is 1. The first kappa shape index (κ1) is 20.0. The number of hydrogen-bond acceptors (Lipinski definition) is 6. The molecule has 0 unspecified atom stereocenters. The highest BCUT2D eigenvalue weighted by atomic mass is 35.5. The number of nitrogens with zero attached hydrogens (tertiary/aromatic N) is 3. The van der Waals surface area contributed by atoms with Crippen LogP contribution >= 0.6 is 11.6 Å². The monoisotopic (exact) mass is 435 g/mol. The van der Waals surface area contributed by atoms with E-state index in [2.05, 4.69) is 20.5 Å². The Bertz CT molecular complexity index is 1350. The minimum absolute atomic E-state index is 0.0160. The highest BCUT2D eigenvalue weighted by molar-refractivity contribution is 6.32. The zero-order valence-corrected chi connectivity index (χ0v) is 16.5. The molecule has 1 aromatic heterocycles. The van der Waals surface area contributed by atoms with Crippen LogP contribution in [0.4, 0.5) is 5.69 Å². The van der Waals surface area contributed by atoms with Gasteiger partial charge in [-0.05, 0) is 36.4 Å². The summed E-state index contributed by atoms with van der Waals surface area (Å²) in [6.45, 7) is 0. The number of nitro groups is 1. The summed E-state index contributed by atoms with van der Waals surface area (Å²) in [6, 6.07) is 15.9. The average Bonchev–Trinajstić information content (AvgIpc) is 3.18. The molecule has 0 aliphatic rings. The number of amides is 1. The van der Waals surface area contributed by atoms with Gasteiger partial charge < -0.3 is 10.1 Å². The molecule has 0 saturated carbocycles. The second-order valence-corrected chi connectivity index (χ2v) is 6.91. The second kappa shape index (κ2) is 8.25. The first-order chi connectivity index (χ1) is 14.9. The number of aromatic nitrogens is 2. The summed E-state index contributed by atoms with van der Waals surface area (Å²) in [7, 11) is 0. The van der Waals surface area contributed by atoms with Crippen LogP contribution in [-0.2, 0) is 0 Å². The number of carbonyl (C=O) groups is 1. The summed E-state index contributed by atoms with van der Waals surface area (Å²) < 4.78 is 0. The summed E-state index contributed by atoms with van der Waals surface area (Å²) in [5, 5.41) is 24.8. The molecule has 0 fully saturated rings. The lowest BCUT2D eigenvalue weighted by molar-refractivity contribution is -0.384. The molecule has 3 aromatic carbocycles. The SMILES string of the molecule is O=C(N/N=C/c1ccc(Cl)c([N+](=O)[O-])c1)c1ccc2nc(-c3ccccc3O)[nH]c2c1. The smallest absolute Gasteiger partial charge is 0.288 e. The largest absolute Gasteiger partial charge is 0.507 e. The van der Waals surface area contributed by atoms with Gasteiger partial charge in [0.2, 0.25) is 0 Å². The van der Waals surface area contributed by atoms with Crippen LogP contribution in [0.5, 0.6) is 5.75 Å². The lowest BCUT2D eigenvalue weighted by Crippen LogP contribution is -2.17. The zero-order chi connectivity index (χ0) is 22.0. The normalized spacial score (nSPS) is 11.1. The number of carbonyl (C=O) groups excluding carboxylic acids is 1. The van der Waals surface area contributed by atoms with Crippen LogP contribution in [0.2, 0.25) is 5.02 Å². The van der Waals surface area contributed by atoms with E-state index < -0.39 is 10.8 Å². The number of hydrazone groups is 1. The van der Waals surface area contributed by atoms with Gasteiger partial charge in [-0.3, -0.25) is 14.9 Å². The number of aromatic hydroxyl groups is 1. The molecule has 31 heavy (non-hydrogen) atoms. The molecule has 4 aromatic rings. The summed E-state index contributed by atoms with van der Waals surface area (Å²) in [5.41, 5.74) is 4.66. The van der Waals surface area contributed by atoms with Crippen LogP contribution in [0.15, 0.2) is 65.8 Å². The fourth-order valence-electron chi connectivity index (χ4n) is 2.93. The van der Waals surface area contributed by atoms with E-state index in [0.29, 0.717) is 33.5 Å². The van der Waals surface area contributed by atoms with E-state index in [1.165, 1.54) is 18.3 Å². The Labute approximate surface area is 180 Å². The fourth-order valence-corrected chi connectivity index (χ4v) is 3.12. The quantitative estimate of drug-likeness (QED) is 0.244. The van der Waals surface area contributed by atoms with Gasteiger partial charge in [0.15, 0.2) is 0 Å². The number of rotatable bonds is 5. The highest BCUT2D eigenvalue weighted by Crippen LogP contribution is 2.28. The van der Waals surface area contributed by atoms with Crippen molar-refractivity contribution < 1.29 is 14.8 Å². The van der Waals surface area contributed by atoms with Crippen molar-refractivity contribution in [2.24, 2.45) is 5.10 Å². The highest BCUT2D eigenvalue weighted by Gasteiger charge is 2.13.